The van der Waals surface area contributed by atoms with E-state index in [2.05, 4.69) is 15.5 Å². The summed E-state index contributed by atoms with van der Waals surface area (Å²) in [5.41, 5.74) is -1.16. The lowest BCUT2D eigenvalue weighted by molar-refractivity contribution is 0.0243. The summed E-state index contributed by atoms with van der Waals surface area (Å²) in [6.45, 7) is 1.01. The Balaban J connectivity index is 2.19. The molecule has 16 heavy (non-hydrogen) atoms. The van der Waals surface area contributed by atoms with E-state index in [4.69, 9.17) is 4.52 Å². The second kappa shape index (κ2) is 3.79. The fraction of sp³-hybridized carbons (Fsp3) is 0.750. The fourth-order valence-electron chi connectivity index (χ4n) is 1.60. The fourth-order valence-corrected chi connectivity index (χ4v) is 2.18. The molecule has 7 nitrogen and oxygen atoms in total. The quantitative estimate of drug-likeness (QED) is 0.690. The summed E-state index contributed by atoms with van der Waals surface area (Å²) in [6, 6.07) is 0. The van der Waals surface area contributed by atoms with Crippen molar-refractivity contribution in [2.24, 2.45) is 0 Å². The zero-order valence-electron chi connectivity index (χ0n) is 8.80. The predicted octanol–water partition coefficient (Wildman–Crippen LogP) is -1.20. The Kier molecular flexibility index (Phi) is 2.72. The molecule has 1 aromatic heterocycles. The van der Waals surface area contributed by atoms with Gasteiger partial charge < -0.3 is 14.9 Å². The van der Waals surface area contributed by atoms with Crippen molar-refractivity contribution < 1.29 is 18.0 Å². The molecule has 2 heterocycles. The Hall–Kier alpha value is -0.990. The molecule has 0 aromatic carbocycles. The number of sulfone groups is 1. The second-order valence-electron chi connectivity index (χ2n) is 4.04. The number of hydrogen-bond acceptors (Lipinski definition) is 7. The molecule has 1 atom stereocenters. The number of hydrogen-bond donors (Lipinski definition) is 2. The minimum Gasteiger partial charge on any atom is -0.379 e. The van der Waals surface area contributed by atoms with Crippen molar-refractivity contribution in [3.63, 3.8) is 0 Å². The van der Waals surface area contributed by atoms with E-state index in [1.807, 2.05) is 0 Å². The number of β-amino-alcohol motifs (C(OH)–C–C–N with tert-alkyl or cyclic N) is 1. The second-order valence-corrected chi connectivity index (χ2v) is 6.18. The average Bonchev–Trinajstić information content (AvgIpc) is 2.72. The standard InChI is InChI=1S/C8H13N3O4S/c1-16(13,14)4-6-10-7(15-11-6)8(12)2-3-9-5-8/h9,12H,2-5H2,1H3. The van der Waals surface area contributed by atoms with Crippen molar-refractivity contribution in [1.82, 2.24) is 15.5 Å². The van der Waals surface area contributed by atoms with E-state index in [0.717, 1.165) is 6.26 Å². The van der Waals surface area contributed by atoms with Gasteiger partial charge in [0.2, 0.25) is 0 Å². The lowest BCUT2D eigenvalue weighted by Crippen LogP contribution is -2.28. The van der Waals surface area contributed by atoms with Gasteiger partial charge in [-0.15, -0.1) is 0 Å². The van der Waals surface area contributed by atoms with Crippen LogP contribution >= 0.6 is 0 Å². The highest BCUT2D eigenvalue weighted by atomic mass is 32.2. The van der Waals surface area contributed by atoms with Gasteiger partial charge in [0.05, 0.1) is 0 Å². The number of rotatable bonds is 3. The smallest absolute Gasteiger partial charge is 0.260 e. The molecule has 2 rings (SSSR count). The van der Waals surface area contributed by atoms with E-state index in [1.165, 1.54) is 0 Å². The van der Waals surface area contributed by atoms with E-state index in [1.54, 1.807) is 0 Å². The Morgan fingerprint density at radius 1 is 1.62 bits per heavy atom. The van der Waals surface area contributed by atoms with Crippen molar-refractivity contribution in [3.8, 4) is 0 Å². The van der Waals surface area contributed by atoms with Gasteiger partial charge in [-0.1, -0.05) is 5.16 Å². The summed E-state index contributed by atoms with van der Waals surface area (Å²) in [5.74, 6) is -0.117. The van der Waals surface area contributed by atoms with Crippen molar-refractivity contribution in [3.05, 3.63) is 11.7 Å². The molecule has 1 aliphatic rings. The molecule has 1 aliphatic heterocycles. The molecule has 1 aromatic rings. The molecular weight excluding hydrogens is 234 g/mol. The molecule has 1 fully saturated rings. The third-order valence-corrected chi connectivity index (χ3v) is 3.17. The monoisotopic (exact) mass is 247 g/mol. The number of nitrogens with zero attached hydrogens (tertiary/aromatic N) is 2. The van der Waals surface area contributed by atoms with Crippen molar-refractivity contribution in [1.29, 1.82) is 0 Å². The molecular formula is C8H13N3O4S. The van der Waals surface area contributed by atoms with Gasteiger partial charge in [0.15, 0.2) is 21.3 Å². The zero-order chi connectivity index (χ0) is 11.8. The summed E-state index contributed by atoms with van der Waals surface area (Å²) in [4.78, 5) is 3.90. The van der Waals surface area contributed by atoms with Gasteiger partial charge >= 0.3 is 0 Å². The maximum atomic E-state index is 11.0. The highest BCUT2D eigenvalue weighted by Crippen LogP contribution is 2.25. The summed E-state index contributed by atoms with van der Waals surface area (Å²) in [7, 11) is -3.19. The van der Waals surface area contributed by atoms with Crippen LogP contribution in [-0.4, -0.2) is 43.0 Å². The zero-order valence-corrected chi connectivity index (χ0v) is 9.62. The normalized spacial score (nSPS) is 26.1. The van der Waals surface area contributed by atoms with Crippen molar-refractivity contribution in [2.45, 2.75) is 17.8 Å². The number of aromatic nitrogens is 2. The van der Waals surface area contributed by atoms with Crippen LogP contribution in [-0.2, 0) is 21.2 Å². The van der Waals surface area contributed by atoms with Gasteiger partial charge in [0.25, 0.3) is 5.89 Å². The SMILES string of the molecule is CS(=O)(=O)Cc1noc(C2(O)CCNC2)n1. The topological polar surface area (TPSA) is 105 Å². The van der Waals surface area contributed by atoms with Crippen LogP contribution in [0.1, 0.15) is 18.1 Å². The van der Waals surface area contributed by atoms with E-state index in [9.17, 15) is 13.5 Å². The highest BCUT2D eigenvalue weighted by Gasteiger charge is 2.38. The molecule has 8 heteroatoms. The minimum atomic E-state index is -3.19. The number of aliphatic hydroxyl groups is 1. The predicted molar refractivity (Wildman–Crippen MR) is 54.2 cm³/mol. The van der Waals surface area contributed by atoms with Crippen LogP contribution in [0.4, 0.5) is 0 Å². The summed E-state index contributed by atoms with van der Waals surface area (Å²) in [5, 5.41) is 16.6. The van der Waals surface area contributed by atoms with Crippen molar-refractivity contribution in [2.75, 3.05) is 19.3 Å². The summed E-state index contributed by atoms with van der Waals surface area (Å²) >= 11 is 0. The van der Waals surface area contributed by atoms with Gasteiger partial charge in [-0.05, 0) is 13.0 Å². The molecule has 0 aliphatic carbocycles. The molecule has 1 saturated heterocycles. The molecule has 90 valence electrons. The van der Waals surface area contributed by atoms with Crippen LogP contribution in [0, 0.1) is 0 Å². The van der Waals surface area contributed by atoms with Gasteiger partial charge in [-0.3, -0.25) is 0 Å². The van der Waals surface area contributed by atoms with Crippen LogP contribution in [0.25, 0.3) is 0 Å². The highest BCUT2D eigenvalue weighted by molar-refractivity contribution is 7.89. The molecule has 0 saturated carbocycles. The van der Waals surface area contributed by atoms with E-state index < -0.39 is 15.4 Å². The minimum absolute atomic E-state index is 0.0798. The van der Waals surface area contributed by atoms with E-state index in [-0.39, 0.29) is 17.5 Å². The van der Waals surface area contributed by atoms with E-state index in [0.29, 0.717) is 19.5 Å². The first-order valence-corrected chi connectivity index (χ1v) is 6.89. The van der Waals surface area contributed by atoms with Crippen LogP contribution < -0.4 is 5.32 Å². The lowest BCUT2D eigenvalue weighted by atomic mass is 10.0. The maximum absolute atomic E-state index is 11.0. The number of nitrogens with one attached hydrogen (secondary N) is 1. The van der Waals surface area contributed by atoms with Gasteiger partial charge in [-0.2, -0.15) is 4.98 Å². The van der Waals surface area contributed by atoms with Crippen LogP contribution in [0.15, 0.2) is 4.52 Å². The molecule has 0 bridgehead atoms. The Labute approximate surface area is 92.8 Å². The molecule has 0 amide bonds. The Bertz CT molecular complexity index is 475. The lowest BCUT2D eigenvalue weighted by Gasteiger charge is -2.14. The first kappa shape index (κ1) is 11.5. The van der Waals surface area contributed by atoms with Gasteiger partial charge in [0, 0.05) is 12.8 Å². The van der Waals surface area contributed by atoms with Crippen LogP contribution in [0.5, 0.6) is 0 Å². The Morgan fingerprint density at radius 3 is 2.94 bits per heavy atom. The van der Waals surface area contributed by atoms with Gasteiger partial charge in [0.1, 0.15) is 5.75 Å². The maximum Gasteiger partial charge on any atom is 0.260 e. The molecule has 1 unspecified atom stereocenters. The van der Waals surface area contributed by atoms with Gasteiger partial charge in [-0.25, -0.2) is 8.42 Å². The molecule has 2 N–H and O–H groups in total. The summed E-state index contributed by atoms with van der Waals surface area (Å²) in [6.07, 6.45) is 1.57. The first-order chi connectivity index (χ1) is 7.39. The molecule has 0 radical (unpaired) electrons. The largest absolute Gasteiger partial charge is 0.379 e. The third-order valence-electron chi connectivity index (χ3n) is 2.39. The Morgan fingerprint density at radius 2 is 2.38 bits per heavy atom. The van der Waals surface area contributed by atoms with E-state index >= 15 is 0 Å². The average molecular weight is 247 g/mol. The van der Waals surface area contributed by atoms with Crippen LogP contribution in [0.3, 0.4) is 0 Å². The third kappa shape index (κ3) is 2.39. The van der Waals surface area contributed by atoms with Crippen LogP contribution in [0.2, 0.25) is 0 Å². The molecule has 0 spiro atoms. The van der Waals surface area contributed by atoms with Crippen molar-refractivity contribution >= 4 is 9.84 Å². The first-order valence-electron chi connectivity index (χ1n) is 4.83. The summed E-state index contributed by atoms with van der Waals surface area (Å²) < 4.78 is 26.9.